The molecule has 1 saturated heterocycles. The summed E-state index contributed by atoms with van der Waals surface area (Å²) in [5.74, 6) is 5.95. The van der Waals surface area contributed by atoms with Gasteiger partial charge in [-0.25, -0.2) is 17.6 Å². The van der Waals surface area contributed by atoms with E-state index in [0.29, 0.717) is 22.5 Å². The lowest BCUT2D eigenvalue weighted by atomic mass is 10.0. The molecule has 9 nitrogen and oxygen atoms in total. The summed E-state index contributed by atoms with van der Waals surface area (Å²) in [6.45, 7) is 6.04. The Hall–Kier alpha value is -4.12. The number of hydrogen-bond acceptors (Lipinski definition) is 7. The number of benzene rings is 2. The summed E-state index contributed by atoms with van der Waals surface area (Å²) >= 11 is 0. The minimum Gasteiger partial charge on any atom is -0.492 e. The number of piperidine rings is 1. The van der Waals surface area contributed by atoms with Crippen LogP contribution in [0.15, 0.2) is 47.4 Å². The monoisotopic (exact) mass is 666 g/mol. The van der Waals surface area contributed by atoms with E-state index in [1.807, 2.05) is 0 Å². The van der Waals surface area contributed by atoms with Crippen molar-refractivity contribution in [2.75, 3.05) is 43.1 Å². The van der Waals surface area contributed by atoms with Crippen LogP contribution in [0.2, 0.25) is 0 Å². The SMILES string of the molecule is CCOc1cc(S(C)(=O)=O)ccc1NCC#Cc1cc2c(N[C@@H]3CCN(C(=O)OC(C)(C)C)C[C@@H]3F)cccc2n1CC(F)(F)F. The predicted molar refractivity (Wildman–Crippen MR) is 169 cm³/mol. The Balaban J connectivity index is 1.56. The lowest BCUT2D eigenvalue weighted by molar-refractivity contribution is -0.140. The Morgan fingerprint density at radius 1 is 1.11 bits per heavy atom. The Morgan fingerprint density at radius 3 is 2.48 bits per heavy atom. The molecular weight excluding hydrogens is 628 g/mol. The lowest BCUT2D eigenvalue weighted by Crippen LogP contribution is -2.51. The lowest BCUT2D eigenvalue weighted by Gasteiger charge is -2.36. The number of sulfone groups is 1. The average Bonchev–Trinajstić information content (AvgIpc) is 3.28. The van der Waals surface area contributed by atoms with Gasteiger partial charge in [-0.05, 0) is 70.4 Å². The van der Waals surface area contributed by atoms with Crippen LogP contribution in [0.1, 0.15) is 39.8 Å². The number of nitrogens with zero attached hydrogens (tertiary/aromatic N) is 2. The van der Waals surface area contributed by atoms with Crippen molar-refractivity contribution in [1.82, 2.24) is 9.47 Å². The van der Waals surface area contributed by atoms with Gasteiger partial charge in [0.1, 0.15) is 24.1 Å². The standard InChI is InChI=1S/C32H38F4N4O5S/c1-6-44-29-18-22(46(5,42)43)12-13-27(29)37-15-8-9-21-17-23-25(10-7-11-28(23)40(21)20-32(34,35)36)38-26-14-16-39(19-24(26)33)30(41)45-31(2,3)4/h7,10-13,17-18,24,26,37-38H,6,14-16,19-20H2,1-5H3/t24-,26+/m0/s1. The highest BCUT2D eigenvalue weighted by Gasteiger charge is 2.34. The summed E-state index contributed by atoms with van der Waals surface area (Å²) in [5, 5.41) is 6.61. The number of aromatic nitrogens is 1. The zero-order chi connectivity index (χ0) is 33.9. The molecule has 14 heteroatoms. The molecular formula is C32H38F4N4O5S. The van der Waals surface area contributed by atoms with Crippen LogP contribution in [-0.4, -0.2) is 80.5 Å². The molecule has 2 heterocycles. The fourth-order valence-corrected chi connectivity index (χ4v) is 5.69. The van der Waals surface area contributed by atoms with Crippen molar-refractivity contribution in [3.8, 4) is 17.6 Å². The highest BCUT2D eigenvalue weighted by Crippen LogP contribution is 2.32. The number of alkyl halides is 4. The summed E-state index contributed by atoms with van der Waals surface area (Å²) in [5.41, 5.74) is 0.592. The number of rotatable bonds is 8. The van der Waals surface area contributed by atoms with Crippen LogP contribution >= 0.6 is 0 Å². The Morgan fingerprint density at radius 2 is 1.85 bits per heavy atom. The first kappa shape index (κ1) is 34.7. The van der Waals surface area contributed by atoms with Crippen LogP contribution in [0.3, 0.4) is 0 Å². The number of amides is 1. The highest BCUT2D eigenvalue weighted by molar-refractivity contribution is 7.90. The van der Waals surface area contributed by atoms with Crippen molar-refractivity contribution >= 4 is 38.2 Å². The third kappa shape index (κ3) is 8.99. The van der Waals surface area contributed by atoms with E-state index < -0.39 is 46.5 Å². The summed E-state index contributed by atoms with van der Waals surface area (Å²) in [4.78, 5) is 13.8. The van der Waals surface area contributed by atoms with Crippen LogP contribution in [0.4, 0.5) is 33.7 Å². The van der Waals surface area contributed by atoms with Gasteiger partial charge in [0.15, 0.2) is 9.84 Å². The van der Waals surface area contributed by atoms with Gasteiger partial charge >= 0.3 is 12.3 Å². The van der Waals surface area contributed by atoms with Gasteiger partial charge in [-0.1, -0.05) is 12.0 Å². The molecule has 3 aromatic rings. The number of hydrogen-bond donors (Lipinski definition) is 2. The van der Waals surface area contributed by atoms with Crippen molar-refractivity contribution in [2.45, 2.75) is 69.5 Å². The molecule has 250 valence electrons. The molecule has 2 N–H and O–H groups in total. The van der Waals surface area contributed by atoms with E-state index in [9.17, 15) is 26.4 Å². The Kier molecular flexibility index (Phi) is 10.4. The van der Waals surface area contributed by atoms with Gasteiger partial charge in [0.2, 0.25) is 0 Å². The van der Waals surface area contributed by atoms with Gasteiger partial charge in [0.25, 0.3) is 0 Å². The van der Waals surface area contributed by atoms with Crippen LogP contribution < -0.4 is 15.4 Å². The molecule has 1 fully saturated rings. The summed E-state index contributed by atoms with van der Waals surface area (Å²) < 4.78 is 92.1. The van der Waals surface area contributed by atoms with Crippen LogP contribution in [-0.2, 0) is 21.1 Å². The number of carbonyl (C=O) groups is 1. The number of carbonyl (C=O) groups excluding carboxylic acids is 1. The number of anilines is 2. The average molecular weight is 667 g/mol. The van der Waals surface area contributed by atoms with Gasteiger partial charge < -0.3 is 29.6 Å². The topological polar surface area (TPSA) is 102 Å². The molecule has 46 heavy (non-hydrogen) atoms. The van der Waals surface area contributed by atoms with E-state index in [-0.39, 0.29) is 48.8 Å². The number of ether oxygens (including phenoxy) is 2. The molecule has 0 aliphatic carbocycles. The minimum atomic E-state index is -4.53. The second-order valence-corrected chi connectivity index (χ2v) is 14.0. The third-order valence-electron chi connectivity index (χ3n) is 7.08. The van der Waals surface area contributed by atoms with Crippen molar-refractivity contribution in [1.29, 1.82) is 0 Å². The number of halogens is 4. The molecule has 2 aromatic carbocycles. The van der Waals surface area contributed by atoms with Crippen molar-refractivity contribution in [3.63, 3.8) is 0 Å². The van der Waals surface area contributed by atoms with E-state index in [4.69, 9.17) is 9.47 Å². The first-order valence-electron chi connectivity index (χ1n) is 14.7. The van der Waals surface area contributed by atoms with Crippen molar-refractivity contribution in [2.24, 2.45) is 0 Å². The quantitative estimate of drug-likeness (QED) is 0.217. The molecule has 1 aromatic heterocycles. The maximum atomic E-state index is 15.3. The third-order valence-corrected chi connectivity index (χ3v) is 8.19. The fraction of sp³-hybridized carbons (Fsp3) is 0.469. The molecule has 0 unspecified atom stereocenters. The molecule has 1 aliphatic heterocycles. The van der Waals surface area contributed by atoms with Gasteiger partial charge in [-0.2, -0.15) is 13.2 Å². The van der Waals surface area contributed by atoms with E-state index in [1.54, 1.807) is 45.9 Å². The normalized spacial score (nSPS) is 17.3. The maximum absolute atomic E-state index is 15.3. The Labute approximate surface area is 266 Å². The second kappa shape index (κ2) is 13.7. The van der Waals surface area contributed by atoms with E-state index in [2.05, 4.69) is 22.5 Å². The molecule has 2 atom stereocenters. The van der Waals surface area contributed by atoms with Crippen molar-refractivity contribution < 1.29 is 40.2 Å². The number of fused-ring (bicyclic) bond motifs is 1. The minimum absolute atomic E-state index is 0.0245. The van der Waals surface area contributed by atoms with Crippen LogP contribution in [0.25, 0.3) is 10.9 Å². The molecule has 0 radical (unpaired) electrons. The summed E-state index contributed by atoms with van der Waals surface area (Å²) in [6, 6.07) is 10.0. The fourth-order valence-electron chi connectivity index (χ4n) is 5.05. The molecule has 0 saturated carbocycles. The van der Waals surface area contributed by atoms with E-state index in [0.717, 1.165) is 10.8 Å². The van der Waals surface area contributed by atoms with Gasteiger partial charge in [-0.3, -0.25) is 0 Å². The van der Waals surface area contributed by atoms with E-state index >= 15 is 4.39 Å². The molecule has 1 aliphatic rings. The zero-order valence-electron chi connectivity index (χ0n) is 26.3. The molecule has 4 rings (SSSR count). The van der Waals surface area contributed by atoms with Gasteiger partial charge in [0, 0.05) is 29.9 Å². The molecule has 0 spiro atoms. The smallest absolute Gasteiger partial charge is 0.410 e. The zero-order valence-corrected chi connectivity index (χ0v) is 27.1. The van der Waals surface area contributed by atoms with Gasteiger partial charge in [0.05, 0.1) is 47.5 Å². The summed E-state index contributed by atoms with van der Waals surface area (Å²) in [6.07, 6.45) is -5.21. The van der Waals surface area contributed by atoms with Crippen LogP contribution in [0.5, 0.6) is 5.75 Å². The summed E-state index contributed by atoms with van der Waals surface area (Å²) in [7, 11) is -3.46. The second-order valence-electron chi connectivity index (χ2n) is 12.0. The molecule has 1 amide bonds. The van der Waals surface area contributed by atoms with Gasteiger partial charge in [-0.15, -0.1) is 0 Å². The number of likely N-dealkylation sites (tertiary alicyclic amines) is 1. The van der Waals surface area contributed by atoms with E-state index in [1.165, 1.54) is 29.2 Å². The first-order chi connectivity index (χ1) is 21.4. The first-order valence-corrected chi connectivity index (χ1v) is 16.6. The van der Waals surface area contributed by atoms with Crippen LogP contribution in [0, 0.1) is 11.8 Å². The molecule has 0 bridgehead atoms. The largest absolute Gasteiger partial charge is 0.492 e. The maximum Gasteiger partial charge on any atom is 0.410 e. The predicted octanol–water partition coefficient (Wildman–Crippen LogP) is 6.23. The highest BCUT2D eigenvalue weighted by atomic mass is 32.2. The number of nitrogens with one attached hydrogen (secondary N) is 2. The van der Waals surface area contributed by atoms with Crippen molar-refractivity contribution in [3.05, 3.63) is 48.2 Å². The Bertz CT molecular complexity index is 1740.